The summed E-state index contributed by atoms with van der Waals surface area (Å²) in [4.78, 5) is 9.88. The molecule has 3 heterocycles. The molecule has 2 aromatic heterocycles. The van der Waals surface area contributed by atoms with Crippen molar-refractivity contribution >= 4 is 17.3 Å². The molecule has 8 nitrogen and oxygen atoms in total. The van der Waals surface area contributed by atoms with E-state index in [-0.39, 0.29) is 6.04 Å². The van der Waals surface area contributed by atoms with Crippen molar-refractivity contribution in [2.45, 2.75) is 26.4 Å². The molecule has 1 aliphatic heterocycles. The molecule has 2 N–H and O–H groups in total. The van der Waals surface area contributed by atoms with Gasteiger partial charge in [-0.2, -0.15) is 0 Å². The smallest absolute Gasteiger partial charge is 0.192 e. The summed E-state index contributed by atoms with van der Waals surface area (Å²) in [6.07, 6.45) is 1.83. The standard InChI is InChI=1S/C20H31N7OS/c1-5-8-21-20(23-14-19-25-24-16(3)26(19)4)22-13-17(18-7-6-15(2)29-18)27-9-11-28-12-10-27/h5-7,17H,1,8-14H2,2-4H3,(H2,21,22,23). The number of aliphatic imine (C=N–C) groups is 1. The Bertz CT molecular complexity index is 823. The highest BCUT2D eigenvalue weighted by molar-refractivity contribution is 7.12. The number of thiophene rings is 1. The van der Waals surface area contributed by atoms with Crippen molar-refractivity contribution in [2.24, 2.45) is 12.0 Å². The molecule has 0 saturated carbocycles. The van der Waals surface area contributed by atoms with Crippen LogP contribution in [-0.2, 0) is 18.3 Å². The largest absolute Gasteiger partial charge is 0.379 e. The van der Waals surface area contributed by atoms with E-state index < -0.39 is 0 Å². The fraction of sp³-hybridized carbons (Fsp3) is 0.550. The van der Waals surface area contributed by atoms with E-state index in [1.54, 1.807) is 0 Å². The Morgan fingerprint density at radius 3 is 2.72 bits per heavy atom. The van der Waals surface area contributed by atoms with E-state index in [0.29, 0.717) is 13.1 Å². The summed E-state index contributed by atoms with van der Waals surface area (Å²) < 4.78 is 7.51. The molecule has 0 aliphatic carbocycles. The van der Waals surface area contributed by atoms with Gasteiger partial charge in [-0.15, -0.1) is 28.1 Å². The van der Waals surface area contributed by atoms with Crippen LogP contribution in [0, 0.1) is 13.8 Å². The maximum atomic E-state index is 5.55. The van der Waals surface area contributed by atoms with Crippen molar-refractivity contribution in [2.75, 3.05) is 39.4 Å². The maximum Gasteiger partial charge on any atom is 0.192 e. The van der Waals surface area contributed by atoms with Crippen LogP contribution in [0.2, 0.25) is 0 Å². The molecular formula is C20H31N7OS. The average molecular weight is 418 g/mol. The summed E-state index contributed by atoms with van der Waals surface area (Å²) in [6.45, 7) is 13.2. The van der Waals surface area contributed by atoms with Crippen LogP contribution in [0.4, 0.5) is 0 Å². The van der Waals surface area contributed by atoms with E-state index in [9.17, 15) is 0 Å². The van der Waals surface area contributed by atoms with Gasteiger partial charge in [-0.25, -0.2) is 4.99 Å². The number of hydrogen-bond acceptors (Lipinski definition) is 6. The lowest BCUT2D eigenvalue weighted by molar-refractivity contribution is 0.0177. The monoisotopic (exact) mass is 417 g/mol. The molecule has 29 heavy (non-hydrogen) atoms. The Kier molecular flexibility index (Phi) is 7.79. The van der Waals surface area contributed by atoms with E-state index in [1.807, 2.05) is 36.0 Å². The van der Waals surface area contributed by atoms with Crippen LogP contribution >= 0.6 is 11.3 Å². The van der Waals surface area contributed by atoms with Gasteiger partial charge in [0.1, 0.15) is 12.4 Å². The first-order valence-corrected chi connectivity index (χ1v) is 10.8. The molecule has 1 fully saturated rings. The van der Waals surface area contributed by atoms with Gasteiger partial charge in [0.25, 0.3) is 0 Å². The lowest BCUT2D eigenvalue weighted by Gasteiger charge is -2.34. The average Bonchev–Trinajstić information content (AvgIpc) is 3.30. The predicted molar refractivity (Wildman–Crippen MR) is 117 cm³/mol. The van der Waals surface area contributed by atoms with Crippen LogP contribution < -0.4 is 10.6 Å². The van der Waals surface area contributed by atoms with Crippen LogP contribution in [0.5, 0.6) is 0 Å². The Morgan fingerprint density at radius 1 is 1.31 bits per heavy atom. The number of hydrogen-bond donors (Lipinski definition) is 2. The van der Waals surface area contributed by atoms with Gasteiger partial charge >= 0.3 is 0 Å². The quantitative estimate of drug-likeness (QED) is 0.387. The number of ether oxygens (including phenoxy) is 1. The number of aryl methyl sites for hydroxylation is 2. The number of guanidine groups is 1. The minimum atomic E-state index is 0.283. The Labute approximate surface area is 176 Å². The first kappa shape index (κ1) is 21.5. The SMILES string of the molecule is C=CCNC(=NCc1nnc(C)n1C)NCC(c1ccc(C)s1)N1CCOCC1. The van der Waals surface area contributed by atoms with Crippen LogP contribution in [-0.4, -0.2) is 65.0 Å². The second-order valence-corrected chi connectivity index (χ2v) is 8.37. The van der Waals surface area contributed by atoms with E-state index in [0.717, 1.165) is 50.5 Å². The van der Waals surface area contributed by atoms with Gasteiger partial charge in [0.15, 0.2) is 11.8 Å². The molecule has 0 spiro atoms. The van der Waals surface area contributed by atoms with Gasteiger partial charge in [0, 0.05) is 43.0 Å². The first-order chi connectivity index (χ1) is 14.1. The van der Waals surface area contributed by atoms with Crippen LogP contribution in [0.15, 0.2) is 29.8 Å². The van der Waals surface area contributed by atoms with Gasteiger partial charge in [-0.05, 0) is 26.0 Å². The second-order valence-electron chi connectivity index (χ2n) is 7.05. The molecule has 1 aliphatic rings. The molecule has 1 saturated heterocycles. The maximum absolute atomic E-state index is 5.55. The number of aromatic nitrogens is 3. The number of morpholine rings is 1. The molecule has 158 valence electrons. The summed E-state index contributed by atoms with van der Waals surface area (Å²) in [5.41, 5.74) is 0. The van der Waals surface area contributed by atoms with Crippen molar-refractivity contribution in [3.63, 3.8) is 0 Å². The first-order valence-electron chi connectivity index (χ1n) is 9.94. The number of nitrogens with zero attached hydrogens (tertiary/aromatic N) is 5. The zero-order chi connectivity index (χ0) is 20.6. The molecule has 1 unspecified atom stereocenters. The highest BCUT2D eigenvalue weighted by Crippen LogP contribution is 2.27. The van der Waals surface area contributed by atoms with Crippen LogP contribution in [0.1, 0.15) is 27.4 Å². The normalized spacial score (nSPS) is 16.6. The molecule has 0 radical (unpaired) electrons. The van der Waals surface area contributed by atoms with Crippen molar-refractivity contribution in [1.29, 1.82) is 0 Å². The lowest BCUT2D eigenvalue weighted by Crippen LogP contribution is -2.46. The predicted octanol–water partition coefficient (Wildman–Crippen LogP) is 1.79. The second kappa shape index (κ2) is 10.5. The number of rotatable bonds is 8. The fourth-order valence-electron chi connectivity index (χ4n) is 3.21. The zero-order valence-corrected chi connectivity index (χ0v) is 18.3. The van der Waals surface area contributed by atoms with Gasteiger partial charge in [-0.1, -0.05) is 6.08 Å². The van der Waals surface area contributed by atoms with E-state index >= 15 is 0 Å². The number of nitrogens with one attached hydrogen (secondary N) is 2. The van der Waals surface area contributed by atoms with Gasteiger partial charge < -0.3 is 19.9 Å². The minimum Gasteiger partial charge on any atom is -0.379 e. The topological polar surface area (TPSA) is 79.6 Å². The van der Waals surface area contributed by atoms with Crippen molar-refractivity contribution in [3.05, 3.63) is 46.2 Å². The summed E-state index contributed by atoms with van der Waals surface area (Å²) in [5.74, 6) is 2.46. The van der Waals surface area contributed by atoms with Gasteiger partial charge in [0.2, 0.25) is 0 Å². The molecule has 3 rings (SSSR count). The lowest BCUT2D eigenvalue weighted by atomic mass is 10.2. The third-order valence-corrected chi connectivity index (χ3v) is 6.12. The molecule has 2 aromatic rings. The Morgan fingerprint density at radius 2 is 2.10 bits per heavy atom. The molecule has 1 atom stereocenters. The molecular weight excluding hydrogens is 386 g/mol. The third kappa shape index (κ3) is 5.88. The highest BCUT2D eigenvalue weighted by atomic mass is 32.1. The van der Waals surface area contributed by atoms with Gasteiger partial charge in [-0.3, -0.25) is 4.90 Å². The zero-order valence-electron chi connectivity index (χ0n) is 17.5. The summed E-state index contributed by atoms with van der Waals surface area (Å²) >= 11 is 1.85. The van der Waals surface area contributed by atoms with Crippen molar-refractivity contribution in [3.8, 4) is 0 Å². The van der Waals surface area contributed by atoms with Crippen LogP contribution in [0.25, 0.3) is 0 Å². The Hall–Kier alpha value is -2.23. The Balaban J connectivity index is 1.71. The molecule has 0 aromatic carbocycles. The van der Waals surface area contributed by atoms with Crippen molar-refractivity contribution < 1.29 is 4.74 Å². The van der Waals surface area contributed by atoms with Crippen molar-refractivity contribution in [1.82, 2.24) is 30.3 Å². The third-order valence-electron chi connectivity index (χ3n) is 5.01. The van der Waals surface area contributed by atoms with Crippen LogP contribution in [0.3, 0.4) is 0 Å². The highest BCUT2D eigenvalue weighted by Gasteiger charge is 2.24. The minimum absolute atomic E-state index is 0.283. The fourth-order valence-corrected chi connectivity index (χ4v) is 4.22. The summed E-state index contributed by atoms with van der Waals surface area (Å²) in [6, 6.07) is 4.71. The molecule has 9 heteroatoms. The molecule has 0 bridgehead atoms. The summed E-state index contributed by atoms with van der Waals surface area (Å²) in [7, 11) is 1.96. The van der Waals surface area contributed by atoms with E-state index in [2.05, 4.69) is 51.4 Å². The van der Waals surface area contributed by atoms with E-state index in [1.165, 1.54) is 9.75 Å². The summed E-state index contributed by atoms with van der Waals surface area (Å²) in [5, 5.41) is 15.1. The molecule has 0 amide bonds. The van der Waals surface area contributed by atoms with E-state index in [4.69, 9.17) is 9.73 Å². The van der Waals surface area contributed by atoms with Gasteiger partial charge in [0.05, 0.1) is 19.3 Å².